The maximum atomic E-state index is 10.6. The van der Waals surface area contributed by atoms with Crippen molar-refractivity contribution in [3.63, 3.8) is 0 Å². The first-order valence-electron chi connectivity index (χ1n) is 2.55. The minimum Gasteiger partial charge on any atom is -0.482 e. The van der Waals surface area contributed by atoms with Crippen LogP contribution in [-0.4, -0.2) is 22.1 Å². The Morgan fingerprint density at radius 3 is 2.90 bits per heavy atom. The lowest BCUT2D eigenvalue weighted by atomic mass is 10.6. The molecule has 0 bridgehead atoms. The van der Waals surface area contributed by atoms with Crippen LogP contribution in [-0.2, 0) is 19.2 Å². The van der Waals surface area contributed by atoms with E-state index in [0.717, 1.165) is 0 Å². The zero-order valence-corrected chi connectivity index (χ0v) is 6.14. The molecule has 0 aromatic heterocycles. The lowest BCUT2D eigenvalue weighted by molar-refractivity contribution is 0.247. The molecule has 0 radical (unpaired) electrons. The summed E-state index contributed by atoms with van der Waals surface area (Å²) in [5.74, 6) is 0.200. The zero-order valence-electron chi connectivity index (χ0n) is 5.33. The average molecular weight is 165 g/mol. The van der Waals surface area contributed by atoms with Crippen molar-refractivity contribution in [2.75, 3.05) is 13.7 Å². The van der Waals surface area contributed by atoms with E-state index in [1.165, 1.54) is 13.2 Å². The molecule has 0 aliphatic carbocycles. The molecule has 1 heterocycles. The van der Waals surface area contributed by atoms with Gasteiger partial charge in [-0.05, 0) is 0 Å². The van der Waals surface area contributed by atoms with Crippen LogP contribution < -0.4 is 4.72 Å². The maximum absolute atomic E-state index is 10.6. The maximum Gasteiger partial charge on any atom is 0.362 e. The minimum atomic E-state index is -3.59. The molecule has 0 aromatic rings. The van der Waals surface area contributed by atoms with Crippen molar-refractivity contribution < 1.29 is 17.3 Å². The van der Waals surface area contributed by atoms with Crippen molar-refractivity contribution in [2.45, 2.75) is 0 Å². The Balaban J connectivity index is 2.76. The Labute approximate surface area is 58.9 Å². The molecule has 0 spiro atoms. The van der Waals surface area contributed by atoms with E-state index >= 15 is 0 Å². The van der Waals surface area contributed by atoms with Crippen LogP contribution >= 0.6 is 0 Å². The van der Waals surface area contributed by atoms with Gasteiger partial charge in [0, 0.05) is 6.08 Å². The summed E-state index contributed by atoms with van der Waals surface area (Å²) in [6.07, 6.45) is 1.49. The molecule has 10 heavy (non-hydrogen) atoms. The molecule has 1 aliphatic rings. The lowest BCUT2D eigenvalue weighted by Gasteiger charge is -2.13. The molecule has 0 aromatic carbocycles. The van der Waals surface area contributed by atoms with E-state index < -0.39 is 10.3 Å². The van der Waals surface area contributed by atoms with E-state index in [-0.39, 0.29) is 12.5 Å². The predicted molar refractivity (Wildman–Crippen MR) is 33.1 cm³/mol. The van der Waals surface area contributed by atoms with Gasteiger partial charge in [0.25, 0.3) is 0 Å². The van der Waals surface area contributed by atoms with Crippen LogP contribution in [0.3, 0.4) is 0 Å². The molecule has 1 aliphatic heterocycles. The summed E-state index contributed by atoms with van der Waals surface area (Å²) in [4.78, 5) is 0. The van der Waals surface area contributed by atoms with E-state index in [9.17, 15) is 8.42 Å². The Morgan fingerprint density at radius 2 is 2.50 bits per heavy atom. The van der Waals surface area contributed by atoms with Crippen LogP contribution in [0.4, 0.5) is 0 Å². The fourth-order valence-electron chi connectivity index (χ4n) is 0.519. The molecule has 6 heteroatoms. The summed E-state index contributed by atoms with van der Waals surface area (Å²) >= 11 is 0. The quantitative estimate of drug-likeness (QED) is 0.560. The molecule has 0 unspecified atom stereocenters. The molecule has 0 saturated heterocycles. The largest absolute Gasteiger partial charge is 0.482 e. The van der Waals surface area contributed by atoms with Gasteiger partial charge in [-0.25, -0.2) is 8.91 Å². The molecular formula is C4H7NO4S. The van der Waals surface area contributed by atoms with E-state index in [4.69, 9.17) is 0 Å². The standard InChI is InChI=1S/C4H7NO4S/c1-8-4-2-3-9-10(6,7)5-4/h2,5H,3H2,1H3. The lowest BCUT2D eigenvalue weighted by Crippen LogP contribution is -2.30. The average Bonchev–Trinajstić information content (AvgIpc) is 1.86. The summed E-state index contributed by atoms with van der Waals surface area (Å²) in [6.45, 7) is 0.0263. The highest BCUT2D eigenvalue weighted by Crippen LogP contribution is 2.02. The van der Waals surface area contributed by atoms with Crippen molar-refractivity contribution >= 4 is 10.3 Å². The molecule has 0 atom stereocenters. The normalized spacial score (nSPS) is 22.7. The highest BCUT2D eigenvalue weighted by molar-refractivity contribution is 7.84. The van der Waals surface area contributed by atoms with Gasteiger partial charge >= 0.3 is 10.3 Å². The fraction of sp³-hybridized carbons (Fsp3) is 0.500. The van der Waals surface area contributed by atoms with E-state index in [1.54, 1.807) is 0 Å². The number of nitrogens with one attached hydrogen (secondary N) is 1. The molecular weight excluding hydrogens is 158 g/mol. The van der Waals surface area contributed by atoms with Crippen molar-refractivity contribution in [1.29, 1.82) is 0 Å². The third-order valence-electron chi connectivity index (χ3n) is 0.937. The minimum absolute atomic E-state index is 0.0263. The van der Waals surface area contributed by atoms with Gasteiger partial charge in [0.05, 0.1) is 13.7 Å². The second-order valence-corrected chi connectivity index (χ2v) is 2.96. The number of hydrogen-bond acceptors (Lipinski definition) is 4. The third-order valence-corrected chi connectivity index (χ3v) is 1.83. The first kappa shape index (κ1) is 7.36. The Hall–Kier alpha value is -0.750. The summed E-state index contributed by atoms with van der Waals surface area (Å²) in [6, 6.07) is 0. The van der Waals surface area contributed by atoms with Crippen LogP contribution in [0.5, 0.6) is 0 Å². The second-order valence-electron chi connectivity index (χ2n) is 1.61. The Morgan fingerprint density at radius 1 is 1.80 bits per heavy atom. The van der Waals surface area contributed by atoms with Crippen LogP contribution in [0.15, 0.2) is 12.0 Å². The van der Waals surface area contributed by atoms with E-state index in [2.05, 4.69) is 8.92 Å². The zero-order chi connectivity index (χ0) is 7.61. The van der Waals surface area contributed by atoms with Gasteiger partial charge < -0.3 is 4.74 Å². The topological polar surface area (TPSA) is 64.6 Å². The monoisotopic (exact) mass is 165 g/mol. The number of ether oxygens (including phenoxy) is 1. The summed E-state index contributed by atoms with van der Waals surface area (Å²) < 4.78 is 32.1. The highest BCUT2D eigenvalue weighted by Gasteiger charge is 2.16. The van der Waals surface area contributed by atoms with Gasteiger partial charge in [-0.15, -0.1) is 0 Å². The first-order chi connectivity index (χ1) is 4.64. The van der Waals surface area contributed by atoms with Crippen molar-refractivity contribution in [3.05, 3.63) is 12.0 Å². The summed E-state index contributed by atoms with van der Waals surface area (Å²) in [7, 11) is -2.21. The second kappa shape index (κ2) is 2.47. The molecule has 0 fully saturated rings. The van der Waals surface area contributed by atoms with Crippen LogP contribution in [0.25, 0.3) is 0 Å². The van der Waals surface area contributed by atoms with Crippen molar-refractivity contribution in [2.24, 2.45) is 0 Å². The van der Waals surface area contributed by atoms with E-state index in [0.29, 0.717) is 0 Å². The first-order valence-corrected chi connectivity index (χ1v) is 3.96. The Bertz CT molecular complexity index is 242. The van der Waals surface area contributed by atoms with Crippen molar-refractivity contribution in [1.82, 2.24) is 4.72 Å². The third kappa shape index (κ3) is 1.61. The van der Waals surface area contributed by atoms with Gasteiger partial charge in [0.2, 0.25) is 0 Å². The van der Waals surface area contributed by atoms with Gasteiger partial charge in [-0.3, -0.25) is 0 Å². The van der Waals surface area contributed by atoms with Crippen LogP contribution in [0, 0.1) is 0 Å². The van der Waals surface area contributed by atoms with Gasteiger partial charge in [-0.1, -0.05) is 0 Å². The van der Waals surface area contributed by atoms with Crippen molar-refractivity contribution in [3.8, 4) is 0 Å². The van der Waals surface area contributed by atoms with Gasteiger partial charge in [0.15, 0.2) is 5.88 Å². The van der Waals surface area contributed by atoms with Gasteiger partial charge in [-0.2, -0.15) is 8.42 Å². The molecule has 5 nitrogen and oxygen atoms in total. The van der Waals surface area contributed by atoms with Crippen LogP contribution in [0.2, 0.25) is 0 Å². The molecule has 1 N–H and O–H groups in total. The smallest absolute Gasteiger partial charge is 0.362 e. The predicted octanol–water partition coefficient (Wildman–Crippen LogP) is -0.661. The Kier molecular flexibility index (Phi) is 1.82. The number of rotatable bonds is 1. The molecule has 1 rings (SSSR count). The van der Waals surface area contributed by atoms with E-state index in [1.807, 2.05) is 4.72 Å². The summed E-state index contributed by atoms with van der Waals surface area (Å²) in [5.41, 5.74) is 0. The molecule has 0 amide bonds. The number of hydrogen-bond donors (Lipinski definition) is 1. The van der Waals surface area contributed by atoms with Crippen LogP contribution in [0.1, 0.15) is 0 Å². The summed E-state index contributed by atoms with van der Waals surface area (Å²) in [5, 5.41) is 0. The molecule has 58 valence electrons. The molecule has 0 saturated carbocycles. The SMILES string of the molecule is COC1=CCOS(=O)(=O)N1. The van der Waals surface area contributed by atoms with Gasteiger partial charge in [0.1, 0.15) is 0 Å². The highest BCUT2D eigenvalue weighted by atomic mass is 32.2. The fourth-order valence-corrected chi connectivity index (χ4v) is 1.24. The number of methoxy groups -OCH3 is 1.